The summed E-state index contributed by atoms with van der Waals surface area (Å²) in [6.45, 7) is 3.95. The molecule has 0 aliphatic carbocycles. The van der Waals surface area contributed by atoms with Crippen LogP contribution in [0.15, 0.2) is 34.7 Å². The van der Waals surface area contributed by atoms with Crippen LogP contribution in [-0.4, -0.2) is 22.3 Å². The lowest BCUT2D eigenvalue weighted by Crippen LogP contribution is -2.25. The highest BCUT2D eigenvalue weighted by molar-refractivity contribution is 7.85. The molecule has 0 amide bonds. The predicted octanol–water partition coefficient (Wildman–Crippen LogP) is 2.85. The second-order valence-corrected chi connectivity index (χ2v) is 6.66. The van der Waals surface area contributed by atoms with Crippen molar-refractivity contribution in [2.24, 2.45) is 0 Å². The summed E-state index contributed by atoms with van der Waals surface area (Å²) >= 11 is 0. The molecule has 2 rings (SSSR count). The minimum atomic E-state index is -0.846. The number of fused-ring (bicyclic) bond motifs is 1. The van der Waals surface area contributed by atoms with Gasteiger partial charge in [0.05, 0.1) is 6.04 Å². The van der Waals surface area contributed by atoms with Gasteiger partial charge in [-0.2, -0.15) is 0 Å². The minimum Gasteiger partial charge on any atom is -0.459 e. The van der Waals surface area contributed by atoms with E-state index in [2.05, 4.69) is 5.32 Å². The molecule has 0 aliphatic rings. The van der Waals surface area contributed by atoms with E-state index in [0.29, 0.717) is 5.75 Å². The summed E-state index contributed by atoms with van der Waals surface area (Å²) in [5.41, 5.74) is 0.878. The number of benzene rings is 1. The van der Waals surface area contributed by atoms with E-state index in [4.69, 9.17) is 4.42 Å². The molecule has 4 heteroatoms. The molecule has 1 aromatic carbocycles. The van der Waals surface area contributed by atoms with Crippen LogP contribution in [0.4, 0.5) is 0 Å². The highest BCUT2D eigenvalue weighted by Gasteiger charge is 2.18. The Morgan fingerprint density at radius 2 is 2.06 bits per heavy atom. The van der Waals surface area contributed by atoms with Gasteiger partial charge in [0.2, 0.25) is 0 Å². The van der Waals surface area contributed by atoms with Crippen LogP contribution in [0, 0.1) is 0 Å². The van der Waals surface area contributed by atoms with Gasteiger partial charge in [-0.1, -0.05) is 32.0 Å². The molecule has 18 heavy (non-hydrogen) atoms. The Hall–Kier alpha value is -1.13. The van der Waals surface area contributed by atoms with Crippen molar-refractivity contribution in [1.29, 1.82) is 0 Å². The fraction of sp³-hybridized carbons (Fsp3) is 0.429. The van der Waals surface area contributed by atoms with Gasteiger partial charge in [0, 0.05) is 27.2 Å². The van der Waals surface area contributed by atoms with Crippen molar-refractivity contribution < 1.29 is 8.63 Å². The first kappa shape index (κ1) is 13.3. The third-order valence-electron chi connectivity index (χ3n) is 2.99. The summed E-state index contributed by atoms with van der Waals surface area (Å²) in [5.74, 6) is 1.43. The van der Waals surface area contributed by atoms with Crippen LogP contribution in [0.1, 0.15) is 25.6 Å². The van der Waals surface area contributed by atoms with Crippen molar-refractivity contribution >= 4 is 21.8 Å². The van der Waals surface area contributed by atoms with E-state index < -0.39 is 10.8 Å². The summed E-state index contributed by atoms with van der Waals surface area (Å²) in [6.07, 6.45) is 0. The molecular weight excluding hydrogens is 246 g/mol. The van der Waals surface area contributed by atoms with Crippen molar-refractivity contribution in [1.82, 2.24) is 5.32 Å². The lowest BCUT2D eigenvalue weighted by molar-refractivity contribution is 0.476. The molecule has 0 bridgehead atoms. The molecule has 0 saturated carbocycles. The maximum absolute atomic E-state index is 11.9. The van der Waals surface area contributed by atoms with E-state index in [9.17, 15) is 4.21 Å². The Morgan fingerprint density at radius 1 is 1.33 bits per heavy atom. The van der Waals surface area contributed by atoms with E-state index in [0.717, 1.165) is 16.7 Å². The van der Waals surface area contributed by atoms with Crippen LogP contribution in [0.5, 0.6) is 0 Å². The number of para-hydroxylation sites is 1. The van der Waals surface area contributed by atoms with Gasteiger partial charge in [0.1, 0.15) is 11.3 Å². The molecule has 2 aromatic rings. The Morgan fingerprint density at radius 3 is 2.67 bits per heavy atom. The zero-order chi connectivity index (χ0) is 13.1. The highest BCUT2D eigenvalue weighted by atomic mass is 32.2. The summed E-state index contributed by atoms with van der Waals surface area (Å²) in [5, 5.41) is 4.44. The van der Waals surface area contributed by atoms with Crippen LogP contribution in [0.2, 0.25) is 0 Å². The Balaban J connectivity index is 2.24. The average molecular weight is 265 g/mol. The van der Waals surface area contributed by atoms with Crippen LogP contribution in [-0.2, 0) is 10.8 Å². The second kappa shape index (κ2) is 5.67. The molecule has 0 fully saturated rings. The average Bonchev–Trinajstić information content (AvgIpc) is 2.78. The number of hydrogen-bond donors (Lipinski definition) is 1. The normalized spacial score (nSPS) is 15.1. The molecule has 2 atom stereocenters. The third-order valence-corrected chi connectivity index (χ3v) is 4.71. The molecule has 1 heterocycles. The predicted molar refractivity (Wildman–Crippen MR) is 76.2 cm³/mol. The molecule has 0 spiro atoms. The molecule has 0 radical (unpaired) electrons. The van der Waals surface area contributed by atoms with Crippen molar-refractivity contribution in [2.45, 2.75) is 25.1 Å². The lowest BCUT2D eigenvalue weighted by atomic mass is 10.2. The number of nitrogens with one attached hydrogen (secondary N) is 1. The zero-order valence-corrected chi connectivity index (χ0v) is 11.8. The van der Waals surface area contributed by atoms with Crippen molar-refractivity contribution in [2.75, 3.05) is 12.8 Å². The minimum absolute atomic E-state index is 0.000586. The molecule has 98 valence electrons. The van der Waals surface area contributed by atoms with Gasteiger partial charge < -0.3 is 9.73 Å². The van der Waals surface area contributed by atoms with E-state index in [1.54, 1.807) is 0 Å². The van der Waals surface area contributed by atoms with E-state index >= 15 is 0 Å². The Kier molecular flexibility index (Phi) is 4.19. The summed E-state index contributed by atoms with van der Waals surface area (Å²) in [6, 6.07) is 9.94. The first-order chi connectivity index (χ1) is 8.61. The summed E-state index contributed by atoms with van der Waals surface area (Å²) in [4.78, 5) is 0. The maximum atomic E-state index is 11.9. The standard InChI is InChI=1S/C14H19NO2S/c1-10(2)18(16)9-12(15-3)14-8-11-6-4-5-7-13(11)17-14/h4-8,10,12,15H,9H2,1-3H3. The Labute approximate surface area is 110 Å². The van der Waals surface area contributed by atoms with Crippen LogP contribution >= 0.6 is 0 Å². The van der Waals surface area contributed by atoms with Gasteiger partial charge in [-0.3, -0.25) is 4.21 Å². The zero-order valence-electron chi connectivity index (χ0n) is 11.0. The molecule has 1 aromatic heterocycles. The first-order valence-corrected chi connectivity index (χ1v) is 7.53. The fourth-order valence-corrected chi connectivity index (χ4v) is 2.88. The van der Waals surface area contributed by atoms with Crippen molar-refractivity contribution in [3.8, 4) is 0 Å². The van der Waals surface area contributed by atoms with Crippen LogP contribution in [0.3, 0.4) is 0 Å². The van der Waals surface area contributed by atoms with Crippen LogP contribution in [0.25, 0.3) is 11.0 Å². The molecule has 0 aliphatic heterocycles. The van der Waals surface area contributed by atoms with E-state index in [1.807, 2.05) is 51.2 Å². The molecule has 0 saturated heterocycles. The van der Waals surface area contributed by atoms with E-state index in [1.165, 1.54) is 0 Å². The van der Waals surface area contributed by atoms with Crippen molar-refractivity contribution in [3.63, 3.8) is 0 Å². The quantitative estimate of drug-likeness (QED) is 0.904. The van der Waals surface area contributed by atoms with Crippen LogP contribution < -0.4 is 5.32 Å². The summed E-state index contributed by atoms with van der Waals surface area (Å²) < 4.78 is 17.7. The van der Waals surface area contributed by atoms with Crippen molar-refractivity contribution in [3.05, 3.63) is 36.1 Å². The van der Waals surface area contributed by atoms with E-state index in [-0.39, 0.29) is 11.3 Å². The molecule has 3 nitrogen and oxygen atoms in total. The van der Waals surface area contributed by atoms with Gasteiger partial charge in [-0.05, 0) is 19.2 Å². The molecule has 2 unspecified atom stereocenters. The number of rotatable bonds is 5. The highest BCUT2D eigenvalue weighted by Crippen LogP contribution is 2.24. The third kappa shape index (κ3) is 2.82. The first-order valence-electron chi connectivity index (χ1n) is 6.14. The fourth-order valence-electron chi connectivity index (χ4n) is 1.84. The van der Waals surface area contributed by atoms with Gasteiger partial charge >= 0.3 is 0 Å². The summed E-state index contributed by atoms with van der Waals surface area (Å²) in [7, 11) is 1.02. The monoisotopic (exact) mass is 265 g/mol. The topological polar surface area (TPSA) is 42.2 Å². The lowest BCUT2D eigenvalue weighted by Gasteiger charge is -2.14. The number of furan rings is 1. The van der Waals surface area contributed by atoms with Gasteiger partial charge in [-0.15, -0.1) is 0 Å². The Bertz CT molecular complexity index is 514. The maximum Gasteiger partial charge on any atom is 0.134 e. The van der Waals surface area contributed by atoms with Gasteiger partial charge in [-0.25, -0.2) is 0 Å². The molecular formula is C14H19NO2S. The smallest absolute Gasteiger partial charge is 0.134 e. The van der Waals surface area contributed by atoms with Gasteiger partial charge in [0.25, 0.3) is 0 Å². The number of hydrogen-bond acceptors (Lipinski definition) is 3. The largest absolute Gasteiger partial charge is 0.459 e. The second-order valence-electron chi connectivity index (χ2n) is 4.62. The molecule has 1 N–H and O–H groups in total. The van der Waals surface area contributed by atoms with Gasteiger partial charge in [0.15, 0.2) is 0 Å². The SMILES string of the molecule is CNC(CS(=O)C(C)C)c1cc2ccccc2o1.